The van der Waals surface area contributed by atoms with Crippen molar-refractivity contribution in [2.24, 2.45) is 0 Å². The SMILES string of the molecule is CCOC(=O)C1=C(C)N(C)C(=O)NC1c1ccc(OC)c(OC)c1OC. The number of ether oxygens (including phenoxy) is 4. The molecule has 0 aliphatic carbocycles. The van der Waals surface area contributed by atoms with Crippen LogP contribution in [0.15, 0.2) is 23.4 Å². The van der Waals surface area contributed by atoms with E-state index in [4.69, 9.17) is 18.9 Å². The van der Waals surface area contributed by atoms with Gasteiger partial charge in [-0.3, -0.25) is 0 Å². The summed E-state index contributed by atoms with van der Waals surface area (Å²) in [4.78, 5) is 26.3. The molecule has 26 heavy (non-hydrogen) atoms. The van der Waals surface area contributed by atoms with Gasteiger partial charge in [-0.25, -0.2) is 9.59 Å². The lowest BCUT2D eigenvalue weighted by Crippen LogP contribution is -2.46. The highest BCUT2D eigenvalue weighted by Gasteiger charge is 2.37. The topological polar surface area (TPSA) is 86.3 Å². The van der Waals surface area contributed by atoms with Crippen LogP contribution in [0.25, 0.3) is 0 Å². The summed E-state index contributed by atoms with van der Waals surface area (Å²) in [6, 6.07) is 2.34. The largest absolute Gasteiger partial charge is 0.493 e. The summed E-state index contributed by atoms with van der Waals surface area (Å²) in [5.41, 5.74) is 1.41. The number of hydrogen-bond donors (Lipinski definition) is 1. The van der Waals surface area contributed by atoms with Crippen LogP contribution >= 0.6 is 0 Å². The van der Waals surface area contributed by atoms with Crippen LogP contribution in [-0.2, 0) is 9.53 Å². The molecule has 1 aromatic carbocycles. The van der Waals surface area contributed by atoms with Gasteiger partial charge >= 0.3 is 12.0 Å². The number of nitrogens with zero attached hydrogens (tertiary/aromatic N) is 1. The Morgan fingerprint density at radius 2 is 1.81 bits per heavy atom. The zero-order chi connectivity index (χ0) is 19.4. The molecule has 0 aromatic heterocycles. The number of esters is 1. The van der Waals surface area contributed by atoms with Gasteiger partial charge in [-0.15, -0.1) is 0 Å². The van der Waals surface area contributed by atoms with E-state index in [1.807, 2.05) is 0 Å². The molecule has 0 fully saturated rings. The number of methoxy groups -OCH3 is 3. The predicted octanol–water partition coefficient (Wildman–Crippen LogP) is 2.25. The third-order valence-electron chi connectivity index (χ3n) is 4.30. The van der Waals surface area contributed by atoms with Crippen LogP contribution in [-0.4, -0.2) is 51.9 Å². The second-order valence-electron chi connectivity index (χ2n) is 5.58. The van der Waals surface area contributed by atoms with Crippen LogP contribution < -0.4 is 19.5 Å². The van der Waals surface area contributed by atoms with Crippen molar-refractivity contribution in [1.29, 1.82) is 0 Å². The van der Waals surface area contributed by atoms with Gasteiger partial charge < -0.3 is 29.2 Å². The first-order chi connectivity index (χ1) is 12.4. The molecule has 2 amide bonds. The smallest absolute Gasteiger partial charge is 0.338 e. The maximum absolute atomic E-state index is 12.6. The van der Waals surface area contributed by atoms with Gasteiger partial charge in [-0.1, -0.05) is 0 Å². The lowest BCUT2D eigenvalue weighted by Gasteiger charge is -2.34. The molecular formula is C18H24N2O6. The maximum Gasteiger partial charge on any atom is 0.338 e. The zero-order valence-electron chi connectivity index (χ0n) is 15.8. The molecule has 142 valence electrons. The summed E-state index contributed by atoms with van der Waals surface area (Å²) >= 11 is 0. The molecule has 0 saturated carbocycles. The fraction of sp³-hybridized carbons (Fsp3) is 0.444. The third-order valence-corrected chi connectivity index (χ3v) is 4.30. The molecule has 8 heteroatoms. The summed E-state index contributed by atoms with van der Waals surface area (Å²) in [7, 11) is 6.08. The van der Waals surface area contributed by atoms with Crippen molar-refractivity contribution in [2.45, 2.75) is 19.9 Å². The standard InChI is InChI=1S/C18H24N2O6/c1-7-26-17(21)13-10(2)20(3)18(22)19-14(13)11-8-9-12(23-4)16(25-6)15(11)24-5/h8-9,14H,7H2,1-6H3,(H,19,22). The molecule has 1 heterocycles. The number of urea groups is 1. The highest BCUT2D eigenvalue weighted by Crippen LogP contribution is 2.44. The second-order valence-corrected chi connectivity index (χ2v) is 5.58. The summed E-state index contributed by atoms with van der Waals surface area (Å²) < 4.78 is 21.4. The van der Waals surface area contributed by atoms with Crippen molar-refractivity contribution in [3.05, 3.63) is 29.0 Å². The molecular weight excluding hydrogens is 340 g/mol. The minimum atomic E-state index is -0.743. The number of hydrogen-bond acceptors (Lipinski definition) is 6. The van der Waals surface area contributed by atoms with Gasteiger partial charge in [0.15, 0.2) is 11.5 Å². The van der Waals surface area contributed by atoms with Crippen molar-refractivity contribution < 1.29 is 28.5 Å². The third kappa shape index (κ3) is 3.26. The number of benzene rings is 1. The molecule has 8 nitrogen and oxygen atoms in total. The van der Waals surface area contributed by atoms with Crippen molar-refractivity contribution >= 4 is 12.0 Å². The second kappa shape index (κ2) is 7.99. The van der Waals surface area contributed by atoms with Crippen molar-refractivity contribution in [1.82, 2.24) is 10.2 Å². The lowest BCUT2D eigenvalue weighted by molar-refractivity contribution is -0.139. The Kier molecular flexibility index (Phi) is 5.97. The van der Waals surface area contributed by atoms with E-state index in [1.54, 1.807) is 33.0 Å². The summed E-state index contributed by atoms with van der Waals surface area (Å²) in [6.07, 6.45) is 0. The Balaban J connectivity index is 2.68. The van der Waals surface area contributed by atoms with Crippen LogP contribution in [0.4, 0.5) is 4.79 Å². The molecule has 1 aliphatic rings. The molecule has 1 aromatic rings. The van der Waals surface area contributed by atoms with E-state index >= 15 is 0 Å². The number of rotatable bonds is 6. The molecule has 2 rings (SSSR count). The van der Waals surface area contributed by atoms with E-state index in [2.05, 4.69) is 5.32 Å². The Bertz CT molecular complexity index is 743. The van der Waals surface area contributed by atoms with E-state index in [1.165, 1.54) is 26.2 Å². The van der Waals surface area contributed by atoms with Crippen LogP contribution in [0.5, 0.6) is 17.2 Å². The number of nitrogens with one attached hydrogen (secondary N) is 1. The summed E-state index contributed by atoms with van der Waals surface area (Å²) in [5.74, 6) is 0.724. The number of carbonyl (C=O) groups excluding carboxylic acids is 2. The Labute approximate surface area is 152 Å². The van der Waals surface area contributed by atoms with Gasteiger partial charge in [-0.2, -0.15) is 0 Å². The van der Waals surface area contributed by atoms with Crippen molar-refractivity contribution in [2.75, 3.05) is 35.0 Å². The minimum Gasteiger partial charge on any atom is -0.493 e. The van der Waals surface area contributed by atoms with E-state index in [-0.39, 0.29) is 12.6 Å². The first-order valence-corrected chi connectivity index (χ1v) is 8.12. The van der Waals surface area contributed by atoms with Crippen molar-refractivity contribution in [3.63, 3.8) is 0 Å². The van der Waals surface area contributed by atoms with Gasteiger partial charge in [0, 0.05) is 18.3 Å². The molecule has 0 saturated heterocycles. The quantitative estimate of drug-likeness (QED) is 0.779. The summed E-state index contributed by atoms with van der Waals surface area (Å²) in [6.45, 7) is 3.65. The lowest BCUT2D eigenvalue weighted by atomic mass is 9.93. The average Bonchev–Trinajstić information content (AvgIpc) is 2.64. The molecule has 0 bridgehead atoms. The average molecular weight is 364 g/mol. The Morgan fingerprint density at radius 3 is 2.35 bits per heavy atom. The Morgan fingerprint density at radius 1 is 1.15 bits per heavy atom. The van der Waals surface area contributed by atoms with E-state index < -0.39 is 12.0 Å². The van der Waals surface area contributed by atoms with Crippen LogP contribution in [0.2, 0.25) is 0 Å². The van der Waals surface area contributed by atoms with Crippen LogP contribution in [0.3, 0.4) is 0 Å². The molecule has 1 N–H and O–H groups in total. The first kappa shape index (κ1) is 19.4. The van der Waals surface area contributed by atoms with Gasteiger partial charge in [-0.05, 0) is 26.0 Å². The Hall–Kier alpha value is -2.90. The van der Waals surface area contributed by atoms with Crippen molar-refractivity contribution in [3.8, 4) is 17.2 Å². The van der Waals surface area contributed by atoms with Crippen LogP contribution in [0, 0.1) is 0 Å². The molecule has 1 unspecified atom stereocenters. The number of allylic oxidation sites excluding steroid dienone is 1. The van der Waals surface area contributed by atoms with E-state index in [0.717, 1.165) is 0 Å². The van der Waals surface area contributed by atoms with E-state index in [9.17, 15) is 9.59 Å². The molecule has 0 radical (unpaired) electrons. The zero-order valence-corrected chi connectivity index (χ0v) is 15.8. The number of amides is 2. The van der Waals surface area contributed by atoms with Gasteiger partial charge in [0.2, 0.25) is 5.75 Å². The van der Waals surface area contributed by atoms with Crippen LogP contribution in [0.1, 0.15) is 25.5 Å². The fourth-order valence-electron chi connectivity index (χ4n) is 2.89. The monoisotopic (exact) mass is 364 g/mol. The molecule has 1 atom stereocenters. The molecule has 1 aliphatic heterocycles. The van der Waals surface area contributed by atoms with Gasteiger partial charge in [0.25, 0.3) is 0 Å². The summed E-state index contributed by atoms with van der Waals surface area (Å²) in [5, 5.41) is 2.82. The normalized spacial score (nSPS) is 16.9. The van der Waals surface area contributed by atoms with Gasteiger partial charge in [0.05, 0.1) is 39.6 Å². The highest BCUT2D eigenvalue weighted by atomic mass is 16.5. The maximum atomic E-state index is 12.6. The van der Waals surface area contributed by atoms with E-state index in [0.29, 0.717) is 34.1 Å². The van der Waals surface area contributed by atoms with Gasteiger partial charge in [0.1, 0.15) is 0 Å². The molecule has 0 spiro atoms. The minimum absolute atomic E-state index is 0.225. The fourth-order valence-corrected chi connectivity index (χ4v) is 2.89. The first-order valence-electron chi connectivity index (χ1n) is 8.12. The highest BCUT2D eigenvalue weighted by molar-refractivity contribution is 5.95. The predicted molar refractivity (Wildman–Crippen MR) is 94.5 cm³/mol. The number of carbonyl (C=O) groups is 2.